The lowest BCUT2D eigenvalue weighted by Gasteiger charge is -2.13. The lowest BCUT2D eigenvalue weighted by molar-refractivity contribution is 0.102. The molecule has 0 spiro atoms. The Kier molecular flexibility index (Phi) is 6.94. The second-order valence-electron chi connectivity index (χ2n) is 8.80. The van der Waals surface area contributed by atoms with Gasteiger partial charge in [-0.3, -0.25) is 14.2 Å². The predicted molar refractivity (Wildman–Crippen MR) is 148 cm³/mol. The lowest BCUT2D eigenvalue weighted by atomic mass is 10.1. The largest absolute Gasteiger partial charge is 0.337 e. The average Bonchev–Trinajstić information content (AvgIpc) is 3.23. The Morgan fingerprint density at radius 1 is 1.05 bits per heavy atom. The van der Waals surface area contributed by atoms with Crippen LogP contribution in [0.5, 0.6) is 0 Å². The Balaban J connectivity index is 1.41. The van der Waals surface area contributed by atoms with Crippen molar-refractivity contribution >= 4 is 50.1 Å². The van der Waals surface area contributed by atoms with Gasteiger partial charge in [0.1, 0.15) is 11.2 Å². The van der Waals surface area contributed by atoms with E-state index in [0.29, 0.717) is 33.0 Å². The van der Waals surface area contributed by atoms with Crippen LogP contribution in [-0.4, -0.2) is 29.0 Å². The normalized spacial score (nSPS) is 11.5. The predicted octanol–water partition coefficient (Wildman–Crippen LogP) is 4.76. The molecule has 0 radical (unpaired) electrons. The summed E-state index contributed by atoms with van der Waals surface area (Å²) < 4.78 is 34.3. The fourth-order valence-electron chi connectivity index (χ4n) is 3.90. The molecule has 0 aliphatic carbocycles. The second-order valence-corrected chi connectivity index (χ2v) is 10.9. The maximum atomic E-state index is 13.4. The van der Waals surface area contributed by atoms with E-state index < -0.39 is 21.5 Å². The molecule has 2 N–H and O–H groups in total. The molecule has 3 heterocycles. The Morgan fingerprint density at radius 3 is 2.44 bits per heavy atom. The summed E-state index contributed by atoms with van der Waals surface area (Å²) in [7, 11) is -3.95. The fourth-order valence-corrected chi connectivity index (χ4v) is 5.07. The van der Waals surface area contributed by atoms with Crippen molar-refractivity contribution in [3.8, 4) is 0 Å². The zero-order valence-electron chi connectivity index (χ0n) is 20.8. The van der Waals surface area contributed by atoms with E-state index in [1.807, 2.05) is 0 Å². The molecule has 39 heavy (non-hydrogen) atoms. The average molecular weight is 564 g/mol. The van der Waals surface area contributed by atoms with Gasteiger partial charge in [0.05, 0.1) is 17.1 Å². The minimum absolute atomic E-state index is 0.0329. The van der Waals surface area contributed by atoms with Crippen molar-refractivity contribution in [2.75, 3.05) is 10.0 Å². The number of carbonyl (C=O) groups excluding carboxylic acids is 1. The number of aryl methyl sites for hydroxylation is 1. The van der Waals surface area contributed by atoms with Crippen molar-refractivity contribution in [1.29, 1.82) is 0 Å². The molecule has 0 saturated heterocycles. The van der Waals surface area contributed by atoms with E-state index in [1.54, 1.807) is 56.4 Å². The van der Waals surface area contributed by atoms with E-state index in [-0.39, 0.29) is 22.9 Å². The number of rotatable bonds is 7. The topological polar surface area (TPSA) is 136 Å². The number of nitrogens with one attached hydrogen (secondary N) is 2. The number of aromatic nitrogens is 3. The number of hydrogen-bond donors (Lipinski definition) is 2. The number of anilines is 2. The highest BCUT2D eigenvalue weighted by atomic mass is 35.5. The van der Waals surface area contributed by atoms with Gasteiger partial charge < -0.3 is 9.84 Å². The van der Waals surface area contributed by atoms with Gasteiger partial charge in [0.2, 0.25) is 5.88 Å². The first-order valence-corrected chi connectivity index (χ1v) is 13.6. The van der Waals surface area contributed by atoms with Crippen molar-refractivity contribution in [3.05, 3.63) is 111 Å². The van der Waals surface area contributed by atoms with Gasteiger partial charge in [0, 0.05) is 27.9 Å². The Bertz CT molecular complexity index is 1860. The summed E-state index contributed by atoms with van der Waals surface area (Å²) in [5.41, 5.74) is 2.10. The van der Waals surface area contributed by atoms with E-state index in [0.717, 1.165) is 5.56 Å². The third-order valence-corrected chi connectivity index (χ3v) is 7.75. The molecule has 3 aromatic heterocycles. The Labute approximate surface area is 228 Å². The van der Waals surface area contributed by atoms with Crippen LogP contribution in [0.25, 0.3) is 11.0 Å². The zero-order valence-corrected chi connectivity index (χ0v) is 22.4. The van der Waals surface area contributed by atoms with Gasteiger partial charge in [-0.15, -0.1) is 0 Å². The summed E-state index contributed by atoms with van der Waals surface area (Å²) in [5, 5.41) is 7.59. The minimum atomic E-state index is -3.95. The minimum Gasteiger partial charge on any atom is -0.337 e. The maximum absolute atomic E-state index is 13.4. The Hall–Kier alpha value is -4.48. The van der Waals surface area contributed by atoms with Gasteiger partial charge in [0.25, 0.3) is 21.5 Å². The van der Waals surface area contributed by atoms with Gasteiger partial charge in [-0.1, -0.05) is 28.9 Å². The molecule has 1 amide bonds. The highest BCUT2D eigenvalue weighted by molar-refractivity contribution is 7.92. The van der Waals surface area contributed by atoms with E-state index in [2.05, 4.69) is 20.2 Å². The van der Waals surface area contributed by atoms with Crippen LogP contribution >= 0.6 is 11.6 Å². The van der Waals surface area contributed by atoms with Crippen LogP contribution in [0.2, 0.25) is 5.02 Å². The number of nitrogens with zero attached hydrogens (tertiary/aromatic N) is 3. The molecule has 10 nitrogen and oxygen atoms in total. The summed E-state index contributed by atoms with van der Waals surface area (Å²) in [6.07, 6.45) is 1.58. The Morgan fingerprint density at radius 2 is 1.77 bits per heavy atom. The highest BCUT2D eigenvalue weighted by Gasteiger charge is 2.20. The van der Waals surface area contributed by atoms with Gasteiger partial charge >= 0.3 is 0 Å². The molecule has 5 aromatic rings. The van der Waals surface area contributed by atoms with Crippen molar-refractivity contribution in [1.82, 2.24) is 14.7 Å². The van der Waals surface area contributed by atoms with Crippen LogP contribution in [-0.2, 0) is 16.6 Å². The summed E-state index contributed by atoms with van der Waals surface area (Å²) in [4.78, 5) is 30.9. The van der Waals surface area contributed by atoms with Crippen LogP contribution in [0.4, 0.5) is 11.6 Å². The molecule has 0 unspecified atom stereocenters. The third kappa shape index (κ3) is 5.40. The number of benzene rings is 2. The van der Waals surface area contributed by atoms with Gasteiger partial charge in [-0.25, -0.2) is 18.1 Å². The number of fused-ring (bicyclic) bond motifs is 1. The second kappa shape index (κ2) is 10.4. The third-order valence-electron chi connectivity index (χ3n) is 6.15. The molecule has 0 fully saturated rings. The van der Waals surface area contributed by atoms with Crippen LogP contribution < -0.4 is 15.6 Å². The summed E-state index contributed by atoms with van der Waals surface area (Å²) in [6.45, 7) is 3.58. The van der Waals surface area contributed by atoms with Crippen molar-refractivity contribution < 1.29 is 17.7 Å². The molecule has 12 heteroatoms. The molecule has 5 rings (SSSR count). The molecular formula is C27H22ClN5O5S. The molecule has 0 aliphatic heterocycles. The van der Waals surface area contributed by atoms with Gasteiger partial charge in [-0.2, -0.15) is 0 Å². The molecule has 0 bridgehead atoms. The zero-order chi connectivity index (χ0) is 27.7. The van der Waals surface area contributed by atoms with E-state index >= 15 is 0 Å². The fraction of sp³-hybridized carbons (Fsp3) is 0.111. The van der Waals surface area contributed by atoms with Crippen LogP contribution in [0.3, 0.4) is 0 Å². The molecule has 0 aliphatic rings. The lowest BCUT2D eigenvalue weighted by Crippen LogP contribution is -2.30. The molecule has 2 aromatic carbocycles. The van der Waals surface area contributed by atoms with Crippen molar-refractivity contribution in [3.63, 3.8) is 0 Å². The van der Waals surface area contributed by atoms with E-state index in [9.17, 15) is 18.0 Å². The molecule has 0 saturated carbocycles. The van der Waals surface area contributed by atoms with Crippen LogP contribution in [0, 0.1) is 13.8 Å². The van der Waals surface area contributed by atoms with Gasteiger partial charge in [-0.05, 0) is 74.0 Å². The number of hydrogen-bond acceptors (Lipinski definition) is 7. The SMILES string of the molecule is Cc1noc(NS(=O)(=O)c2ccc(NC(=O)c3cc4cccnc4n(Cc4ccc(Cl)cc4)c3=O)cc2)c1C. The first-order chi connectivity index (χ1) is 18.6. The van der Waals surface area contributed by atoms with Crippen LogP contribution in [0.15, 0.2) is 87.1 Å². The number of halogens is 1. The molecule has 0 atom stereocenters. The highest BCUT2D eigenvalue weighted by Crippen LogP contribution is 2.23. The number of carbonyl (C=O) groups is 1. The van der Waals surface area contributed by atoms with Crippen LogP contribution in [0.1, 0.15) is 27.2 Å². The first-order valence-electron chi connectivity index (χ1n) is 11.7. The number of pyridine rings is 2. The summed E-state index contributed by atoms with van der Waals surface area (Å²) in [6, 6.07) is 17.5. The van der Waals surface area contributed by atoms with Crippen molar-refractivity contribution in [2.24, 2.45) is 0 Å². The maximum Gasteiger partial charge on any atom is 0.265 e. The van der Waals surface area contributed by atoms with Gasteiger partial charge in [0.15, 0.2) is 0 Å². The number of sulfonamides is 1. The summed E-state index contributed by atoms with van der Waals surface area (Å²) >= 11 is 5.99. The van der Waals surface area contributed by atoms with E-state index in [4.69, 9.17) is 16.1 Å². The first kappa shape index (κ1) is 26.1. The number of amides is 1. The molecular weight excluding hydrogens is 542 g/mol. The smallest absolute Gasteiger partial charge is 0.265 e. The quantitative estimate of drug-likeness (QED) is 0.291. The summed E-state index contributed by atoms with van der Waals surface area (Å²) in [5.74, 6) is -0.609. The standard InChI is InChI=1S/C27H22ClN5O5S/c1-16-17(2)31-38-26(16)32-39(36,37)22-11-9-21(10-12-22)30-25(34)23-14-19-4-3-13-29-24(19)33(27(23)35)15-18-5-7-20(28)8-6-18/h3-14,32H,15H2,1-2H3,(H,30,34). The van der Waals surface area contributed by atoms with E-state index in [1.165, 1.54) is 34.9 Å². The monoisotopic (exact) mass is 563 g/mol. The van der Waals surface area contributed by atoms with Crippen molar-refractivity contribution in [2.45, 2.75) is 25.3 Å². The molecule has 198 valence electrons.